The van der Waals surface area contributed by atoms with Crippen LogP contribution in [0.25, 0.3) is 0 Å². The minimum absolute atomic E-state index is 0. The Bertz CT molecular complexity index is 943. The number of nitrogens with zero attached hydrogens (tertiary/aromatic N) is 3. The van der Waals surface area contributed by atoms with Gasteiger partial charge < -0.3 is 10.2 Å². The van der Waals surface area contributed by atoms with Crippen LogP contribution >= 0.6 is 24.0 Å². The highest BCUT2D eigenvalue weighted by Crippen LogP contribution is 2.19. The predicted molar refractivity (Wildman–Crippen MR) is 128 cm³/mol. The molecule has 0 spiro atoms. The normalized spacial score (nSPS) is 14.3. The molecule has 6 nitrogen and oxygen atoms in total. The quantitative estimate of drug-likeness (QED) is 0.368. The van der Waals surface area contributed by atoms with E-state index in [1.54, 1.807) is 12.1 Å². The first-order chi connectivity index (χ1) is 13.4. The molecule has 2 aromatic rings. The Balaban J connectivity index is 0.00000300. The van der Waals surface area contributed by atoms with Gasteiger partial charge in [0.1, 0.15) is 0 Å². The molecule has 1 heterocycles. The second kappa shape index (κ2) is 10.4. The molecule has 8 heteroatoms. The molecule has 2 aromatic carbocycles. The Morgan fingerprint density at radius 3 is 2.38 bits per heavy atom. The smallest absolute Gasteiger partial charge is 0.242 e. The summed E-state index contributed by atoms with van der Waals surface area (Å²) < 4.78 is 25.6. The Kier molecular flexibility index (Phi) is 8.47. The summed E-state index contributed by atoms with van der Waals surface area (Å²) in [7, 11) is -0.333. The topological polar surface area (TPSA) is 65.0 Å². The molecule has 29 heavy (non-hydrogen) atoms. The van der Waals surface area contributed by atoms with E-state index >= 15 is 0 Å². The van der Waals surface area contributed by atoms with Crippen molar-refractivity contribution in [2.45, 2.75) is 31.3 Å². The van der Waals surface area contributed by atoms with E-state index in [9.17, 15) is 8.42 Å². The largest absolute Gasteiger partial charge is 0.356 e. The third-order valence-corrected chi connectivity index (χ3v) is 6.71. The number of fused-ring (bicyclic) bond motifs is 1. The van der Waals surface area contributed by atoms with Gasteiger partial charge >= 0.3 is 0 Å². The fraction of sp³-hybridized carbons (Fsp3) is 0.381. The molecular weight excluding hydrogens is 499 g/mol. The Morgan fingerprint density at radius 1 is 1.10 bits per heavy atom. The lowest BCUT2D eigenvalue weighted by molar-refractivity contribution is 0.378. The highest BCUT2D eigenvalue weighted by molar-refractivity contribution is 14.0. The maximum absolute atomic E-state index is 12.2. The average molecular weight is 528 g/mol. The second-order valence-corrected chi connectivity index (χ2v) is 9.19. The fourth-order valence-electron chi connectivity index (χ4n) is 3.25. The van der Waals surface area contributed by atoms with Gasteiger partial charge in [-0.05, 0) is 42.2 Å². The molecule has 0 aromatic heterocycles. The van der Waals surface area contributed by atoms with E-state index < -0.39 is 10.0 Å². The summed E-state index contributed by atoms with van der Waals surface area (Å²) in [5.41, 5.74) is 3.73. The molecule has 1 aliphatic heterocycles. The van der Waals surface area contributed by atoms with Crippen molar-refractivity contribution in [1.29, 1.82) is 0 Å². The predicted octanol–water partition coefficient (Wildman–Crippen LogP) is 3.08. The van der Waals surface area contributed by atoms with E-state index in [2.05, 4.69) is 41.4 Å². The van der Waals surface area contributed by atoms with Crippen molar-refractivity contribution in [2.24, 2.45) is 4.99 Å². The van der Waals surface area contributed by atoms with Crippen molar-refractivity contribution in [3.8, 4) is 0 Å². The molecule has 0 aliphatic carbocycles. The zero-order chi connectivity index (χ0) is 20.1. The van der Waals surface area contributed by atoms with Crippen molar-refractivity contribution in [1.82, 2.24) is 14.5 Å². The van der Waals surface area contributed by atoms with Gasteiger partial charge in [-0.1, -0.05) is 36.4 Å². The number of guanidine groups is 1. The number of benzene rings is 2. The van der Waals surface area contributed by atoms with E-state index in [1.165, 1.54) is 29.5 Å². The van der Waals surface area contributed by atoms with Crippen molar-refractivity contribution >= 4 is 40.0 Å². The van der Waals surface area contributed by atoms with Crippen LogP contribution in [0.5, 0.6) is 0 Å². The Hall–Kier alpha value is -1.65. The molecule has 0 unspecified atom stereocenters. The summed E-state index contributed by atoms with van der Waals surface area (Å²) in [6.07, 6.45) is 1.01. The van der Waals surface area contributed by atoms with Gasteiger partial charge in [0.2, 0.25) is 10.0 Å². The molecular formula is C21H29IN4O2S. The molecule has 0 saturated heterocycles. The van der Waals surface area contributed by atoms with Gasteiger partial charge in [0.25, 0.3) is 0 Å². The molecule has 0 saturated carbocycles. The average Bonchev–Trinajstić information content (AvgIpc) is 2.71. The monoisotopic (exact) mass is 528 g/mol. The van der Waals surface area contributed by atoms with Gasteiger partial charge in [-0.15, -0.1) is 24.0 Å². The summed E-state index contributed by atoms with van der Waals surface area (Å²) in [6.45, 7) is 5.15. The zero-order valence-electron chi connectivity index (χ0n) is 17.1. The van der Waals surface area contributed by atoms with Crippen LogP contribution in [0.15, 0.2) is 58.4 Å². The van der Waals surface area contributed by atoms with Crippen LogP contribution in [-0.4, -0.2) is 50.8 Å². The van der Waals surface area contributed by atoms with Crippen molar-refractivity contribution in [3.63, 3.8) is 0 Å². The van der Waals surface area contributed by atoms with Gasteiger partial charge in [0.15, 0.2) is 5.96 Å². The van der Waals surface area contributed by atoms with Crippen LogP contribution in [0.1, 0.15) is 23.6 Å². The summed E-state index contributed by atoms with van der Waals surface area (Å²) in [5, 5.41) is 3.38. The maximum atomic E-state index is 12.2. The highest BCUT2D eigenvalue weighted by atomic mass is 127. The molecule has 1 aliphatic rings. The maximum Gasteiger partial charge on any atom is 0.242 e. The first kappa shape index (κ1) is 23.6. The van der Waals surface area contributed by atoms with Gasteiger partial charge in [0, 0.05) is 33.7 Å². The van der Waals surface area contributed by atoms with Crippen LogP contribution in [0.2, 0.25) is 0 Å². The number of nitrogens with one attached hydrogen (secondary N) is 1. The number of hydrogen-bond donors (Lipinski definition) is 1. The lowest BCUT2D eigenvalue weighted by Gasteiger charge is -2.31. The lowest BCUT2D eigenvalue weighted by Crippen LogP contribution is -2.44. The molecule has 0 fully saturated rings. The number of rotatable bonds is 5. The van der Waals surface area contributed by atoms with Gasteiger partial charge in [-0.2, -0.15) is 0 Å². The summed E-state index contributed by atoms with van der Waals surface area (Å²) >= 11 is 0. The van der Waals surface area contributed by atoms with E-state index in [0.717, 1.165) is 37.6 Å². The third kappa shape index (κ3) is 5.70. The van der Waals surface area contributed by atoms with Crippen LogP contribution in [0.3, 0.4) is 0 Å². The number of hydrogen-bond acceptors (Lipinski definition) is 3. The summed E-state index contributed by atoms with van der Waals surface area (Å²) in [5.74, 6) is 0.891. The molecule has 158 valence electrons. The lowest BCUT2D eigenvalue weighted by atomic mass is 10.0. The molecule has 0 atom stereocenters. The molecule has 3 rings (SSSR count). The number of halogens is 1. The van der Waals surface area contributed by atoms with E-state index in [0.29, 0.717) is 11.4 Å². The van der Waals surface area contributed by atoms with Gasteiger partial charge in [-0.3, -0.25) is 0 Å². The summed E-state index contributed by atoms with van der Waals surface area (Å²) in [6, 6.07) is 15.5. The van der Waals surface area contributed by atoms with Crippen LogP contribution < -0.4 is 5.32 Å². The van der Waals surface area contributed by atoms with Gasteiger partial charge in [-0.25, -0.2) is 17.7 Å². The number of aliphatic imine (C=N–C) groups is 1. The minimum atomic E-state index is -3.40. The molecule has 0 amide bonds. The van der Waals surface area contributed by atoms with E-state index in [1.807, 2.05) is 12.1 Å². The Morgan fingerprint density at radius 2 is 1.76 bits per heavy atom. The van der Waals surface area contributed by atoms with Crippen molar-refractivity contribution < 1.29 is 8.42 Å². The van der Waals surface area contributed by atoms with E-state index in [-0.39, 0.29) is 24.0 Å². The minimum Gasteiger partial charge on any atom is -0.356 e. The number of sulfonamides is 1. The highest BCUT2D eigenvalue weighted by Gasteiger charge is 2.19. The van der Waals surface area contributed by atoms with Crippen LogP contribution in [0.4, 0.5) is 0 Å². The first-order valence-electron chi connectivity index (χ1n) is 9.53. The first-order valence-corrected chi connectivity index (χ1v) is 11.0. The molecule has 0 radical (unpaired) electrons. The van der Waals surface area contributed by atoms with Gasteiger partial charge in [0.05, 0.1) is 11.4 Å². The van der Waals surface area contributed by atoms with Crippen LogP contribution in [0, 0.1) is 0 Å². The SMILES string of the molecule is CCNC(=NCc1ccc(S(=O)(=O)N(C)C)cc1)N1CCc2ccccc2C1.I. The van der Waals surface area contributed by atoms with Crippen molar-refractivity contribution in [2.75, 3.05) is 27.2 Å². The summed E-state index contributed by atoms with van der Waals surface area (Å²) in [4.78, 5) is 7.35. The van der Waals surface area contributed by atoms with E-state index in [4.69, 9.17) is 4.99 Å². The fourth-order valence-corrected chi connectivity index (χ4v) is 4.15. The standard InChI is InChI=1S/C21H28N4O2S.HI/c1-4-22-21(25-14-13-18-7-5-6-8-19(18)16-25)23-15-17-9-11-20(12-10-17)28(26,27)24(2)3;/h5-12H,4,13-16H2,1-3H3,(H,22,23);1H. The van der Waals surface area contributed by atoms with Crippen molar-refractivity contribution in [3.05, 3.63) is 65.2 Å². The molecule has 1 N–H and O–H groups in total. The zero-order valence-corrected chi connectivity index (χ0v) is 20.3. The third-order valence-electron chi connectivity index (χ3n) is 4.88. The van der Waals surface area contributed by atoms with Crippen LogP contribution in [-0.2, 0) is 29.5 Å². The Labute approximate surface area is 191 Å². The molecule has 0 bridgehead atoms. The second-order valence-electron chi connectivity index (χ2n) is 7.04.